The number of rotatable bonds is 3. The number of fused-ring (bicyclic) bond motifs is 1. The van der Waals surface area contributed by atoms with E-state index in [0.29, 0.717) is 18.0 Å². The molecule has 4 atom stereocenters. The Bertz CT molecular complexity index is 760. The van der Waals surface area contributed by atoms with E-state index in [2.05, 4.69) is 50.3 Å². The fraction of sp³-hybridized carbons (Fsp3) is 0.524. The van der Waals surface area contributed by atoms with Crippen LogP contribution < -0.4 is 21.1 Å². The summed E-state index contributed by atoms with van der Waals surface area (Å²) in [6, 6.07) is 11.7. The molecule has 3 saturated heterocycles. The number of aromatic nitrogens is 2. The van der Waals surface area contributed by atoms with Gasteiger partial charge in [0.1, 0.15) is 5.82 Å². The first-order valence-electron chi connectivity index (χ1n) is 10.2. The Morgan fingerprint density at radius 3 is 2.78 bits per heavy atom. The van der Waals surface area contributed by atoms with Crippen LogP contribution in [0.4, 0.5) is 5.82 Å². The van der Waals surface area contributed by atoms with Gasteiger partial charge in [-0.3, -0.25) is 10.4 Å². The van der Waals surface area contributed by atoms with Crippen molar-refractivity contribution < 1.29 is 0 Å². The number of anilines is 1. The normalized spacial score (nSPS) is 30.9. The van der Waals surface area contributed by atoms with E-state index in [-0.39, 0.29) is 6.04 Å². The van der Waals surface area contributed by atoms with Crippen molar-refractivity contribution in [2.24, 2.45) is 5.92 Å². The maximum Gasteiger partial charge on any atom is 0.128 e. The highest BCUT2D eigenvalue weighted by Gasteiger charge is 2.42. The molecule has 0 amide bonds. The van der Waals surface area contributed by atoms with Crippen LogP contribution in [0.15, 0.2) is 42.7 Å². The van der Waals surface area contributed by atoms with Crippen LogP contribution in [0.3, 0.4) is 0 Å². The lowest BCUT2D eigenvalue weighted by Crippen LogP contribution is -2.46. The zero-order valence-electron chi connectivity index (χ0n) is 15.6. The third-order valence-corrected chi connectivity index (χ3v) is 6.30. The molecule has 27 heavy (non-hydrogen) atoms. The van der Waals surface area contributed by atoms with Crippen molar-refractivity contribution in [3.8, 4) is 0 Å². The topological polar surface area (TPSA) is 65.1 Å². The Hall–Kier alpha value is -2.02. The molecule has 3 fully saturated rings. The average Bonchev–Trinajstić information content (AvgIpc) is 3.18. The van der Waals surface area contributed by atoms with Gasteiger partial charge in [0.2, 0.25) is 0 Å². The van der Waals surface area contributed by atoms with E-state index in [0.717, 1.165) is 37.6 Å². The number of hydrazine groups is 1. The Kier molecular flexibility index (Phi) is 4.78. The van der Waals surface area contributed by atoms with Gasteiger partial charge in [-0.2, -0.15) is 0 Å². The van der Waals surface area contributed by atoms with Gasteiger partial charge in [0.05, 0.1) is 11.7 Å². The van der Waals surface area contributed by atoms with Gasteiger partial charge in [-0.1, -0.05) is 12.1 Å². The number of hydrogen-bond donors (Lipinski definition) is 3. The Labute approximate surface area is 160 Å². The highest BCUT2D eigenvalue weighted by atomic mass is 15.4. The fourth-order valence-electron chi connectivity index (χ4n) is 4.81. The SMILES string of the molecule is c1cncc(C2CC3C(CN2)NNC3c2cccc(N3CCCCC3)n2)c1. The van der Waals surface area contributed by atoms with Crippen molar-refractivity contribution in [1.82, 2.24) is 26.1 Å². The largest absolute Gasteiger partial charge is 0.357 e. The van der Waals surface area contributed by atoms with Crippen LogP contribution in [0.2, 0.25) is 0 Å². The molecule has 2 aromatic heterocycles. The monoisotopic (exact) mass is 364 g/mol. The molecule has 3 aliphatic rings. The number of hydrogen-bond acceptors (Lipinski definition) is 6. The smallest absolute Gasteiger partial charge is 0.128 e. The molecule has 3 N–H and O–H groups in total. The predicted molar refractivity (Wildman–Crippen MR) is 106 cm³/mol. The molecule has 6 nitrogen and oxygen atoms in total. The summed E-state index contributed by atoms with van der Waals surface area (Å²) in [6.45, 7) is 3.22. The third kappa shape index (κ3) is 3.45. The molecule has 6 heteroatoms. The van der Waals surface area contributed by atoms with E-state index < -0.39 is 0 Å². The molecular weight excluding hydrogens is 336 g/mol. The summed E-state index contributed by atoms with van der Waals surface area (Å²) in [5.41, 5.74) is 9.46. The van der Waals surface area contributed by atoms with Crippen molar-refractivity contribution in [1.29, 1.82) is 0 Å². The predicted octanol–water partition coefficient (Wildman–Crippen LogP) is 2.34. The van der Waals surface area contributed by atoms with Crippen LogP contribution in [0.25, 0.3) is 0 Å². The minimum atomic E-state index is 0.251. The summed E-state index contributed by atoms with van der Waals surface area (Å²) in [7, 11) is 0. The van der Waals surface area contributed by atoms with Gasteiger partial charge in [0, 0.05) is 50.0 Å². The number of nitrogens with one attached hydrogen (secondary N) is 3. The van der Waals surface area contributed by atoms with Crippen molar-refractivity contribution in [2.75, 3.05) is 24.5 Å². The molecule has 4 unspecified atom stereocenters. The summed E-state index contributed by atoms with van der Waals surface area (Å²) >= 11 is 0. The molecule has 0 aromatic carbocycles. The number of piperidine rings is 2. The molecule has 5 heterocycles. The van der Waals surface area contributed by atoms with Crippen LogP contribution in [0, 0.1) is 5.92 Å². The second kappa shape index (κ2) is 7.54. The van der Waals surface area contributed by atoms with Crippen LogP contribution >= 0.6 is 0 Å². The van der Waals surface area contributed by atoms with Crippen molar-refractivity contribution >= 4 is 5.82 Å². The Morgan fingerprint density at radius 1 is 1.00 bits per heavy atom. The lowest BCUT2D eigenvalue weighted by molar-refractivity contribution is 0.265. The number of nitrogens with zero attached hydrogens (tertiary/aromatic N) is 3. The summed E-state index contributed by atoms with van der Waals surface area (Å²) in [4.78, 5) is 11.8. The minimum Gasteiger partial charge on any atom is -0.357 e. The van der Waals surface area contributed by atoms with Crippen molar-refractivity contribution in [3.05, 3.63) is 54.0 Å². The van der Waals surface area contributed by atoms with E-state index in [4.69, 9.17) is 4.98 Å². The zero-order chi connectivity index (χ0) is 18.1. The Balaban J connectivity index is 1.36. The average molecular weight is 364 g/mol. The molecule has 2 aromatic rings. The van der Waals surface area contributed by atoms with E-state index >= 15 is 0 Å². The molecule has 0 radical (unpaired) electrons. The lowest BCUT2D eigenvalue weighted by atomic mass is 9.81. The first kappa shape index (κ1) is 17.1. The maximum atomic E-state index is 5.06. The second-order valence-electron chi connectivity index (χ2n) is 7.99. The highest BCUT2D eigenvalue weighted by Crippen LogP contribution is 2.38. The van der Waals surface area contributed by atoms with E-state index in [1.807, 2.05) is 18.5 Å². The summed E-state index contributed by atoms with van der Waals surface area (Å²) < 4.78 is 0. The lowest BCUT2D eigenvalue weighted by Gasteiger charge is -2.34. The first-order valence-corrected chi connectivity index (χ1v) is 10.2. The molecule has 0 saturated carbocycles. The third-order valence-electron chi connectivity index (χ3n) is 6.30. The van der Waals surface area contributed by atoms with Gasteiger partial charge in [-0.05, 0) is 49.4 Å². The van der Waals surface area contributed by atoms with Crippen LogP contribution in [0.1, 0.15) is 49.0 Å². The summed E-state index contributed by atoms with van der Waals surface area (Å²) in [6.07, 6.45) is 8.80. The second-order valence-corrected chi connectivity index (χ2v) is 7.99. The zero-order valence-corrected chi connectivity index (χ0v) is 15.6. The van der Waals surface area contributed by atoms with Gasteiger partial charge < -0.3 is 10.2 Å². The molecule has 0 bridgehead atoms. The minimum absolute atomic E-state index is 0.251. The highest BCUT2D eigenvalue weighted by molar-refractivity contribution is 5.40. The van der Waals surface area contributed by atoms with E-state index in [1.165, 1.54) is 24.8 Å². The van der Waals surface area contributed by atoms with Gasteiger partial charge in [0.15, 0.2) is 0 Å². The standard InChI is InChI=1S/C21H28N6/c1-2-10-27(11-3-1)20-8-4-7-17(24-20)21-16-12-18(15-6-5-9-22-13-15)23-14-19(16)25-26-21/h4-9,13,16,18-19,21,23,25-26H,1-3,10-12,14H2. The summed E-state index contributed by atoms with van der Waals surface area (Å²) in [5, 5.41) is 3.67. The summed E-state index contributed by atoms with van der Waals surface area (Å²) in [5.74, 6) is 1.65. The van der Waals surface area contributed by atoms with Crippen LogP contribution in [0.5, 0.6) is 0 Å². The van der Waals surface area contributed by atoms with Crippen LogP contribution in [-0.2, 0) is 0 Å². The first-order chi connectivity index (χ1) is 13.4. The van der Waals surface area contributed by atoms with Crippen LogP contribution in [-0.4, -0.2) is 35.6 Å². The van der Waals surface area contributed by atoms with Gasteiger partial charge in [-0.15, -0.1) is 0 Å². The van der Waals surface area contributed by atoms with Gasteiger partial charge >= 0.3 is 0 Å². The van der Waals surface area contributed by atoms with Crippen molar-refractivity contribution in [2.45, 2.75) is 43.8 Å². The molecular formula is C21H28N6. The molecule has 0 spiro atoms. The number of pyridine rings is 2. The van der Waals surface area contributed by atoms with E-state index in [1.54, 1.807) is 0 Å². The molecule has 0 aliphatic carbocycles. The molecule has 3 aliphatic heterocycles. The van der Waals surface area contributed by atoms with Gasteiger partial charge in [-0.25, -0.2) is 10.4 Å². The molecule has 5 rings (SSSR count). The maximum absolute atomic E-state index is 5.06. The quantitative estimate of drug-likeness (QED) is 0.777. The Morgan fingerprint density at radius 2 is 1.93 bits per heavy atom. The van der Waals surface area contributed by atoms with Gasteiger partial charge in [0.25, 0.3) is 0 Å². The van der Waals surface area contributed by atoms with Crippen molar-refractivity contribution in [3.63, 3.8) is 0 Å². The fourth-order valence-corrected chi connectivity index (χ4v) is 4.81. The van der Waals surface area contributed by atoms with E-state index in [9.17, 15) is 0 Å². The molecule has 142 valence electrons.